The topological polar surface area (TPSA) is 88.3 Å². The van der Waals surface area contributed by atoms with Crippen molar-refractivity contribution in [2.75, 3.05) is 36.5 Å². The Morgan fingerprint density at radius 3 is 2.94 bits per heavy atom. The summed E-state index contributed by atoms with van der Waals surface area (Å²) in [6, 6.07) is 0.410. The van der Waals surface area contributed by atoms with Gasteiger partial charge in [0.1, 0.15) is 0 Å². The van der Waals surface area contributed by atoms with Crippen molar-refractivity contribution in [1.29, 1.82) is 0 Å². The van der Waals surface area contributed by atoms with Crippen molar-refractivity contribution in [2.24, 2.45) is 0 Å². The van der Waals surface area contributed by atoms with Crippen LogP contribution >= 0.6 is 0 Å². The number of aromatic nitrogens is 2. The zero-order chi connectivity index (χ0) is 12.3. The van der Waals surface area contributed by atoms with Crippen LogP contribution in [0.2, 0.25) is 0 Å². The fourth-order valence-electron chi connectivity index (χ4n) is 1.72. The SMILES string of the molecule is CNCc1nnc(N2CCCS(=O)(=O)CC2)o1. The molecule has 0 saturated carbocycles. The Bertz CT molecular complexity index is 470. The first-order chi connectivity index (χ1) is 8.11. The summed E-state index contributed by atoms with van der Waals surface area (Å²) in [4.78, 5) is 1.83. The Morgan fingerprint density at radius 1 is 1.35 bits per heavy atom. The van der Waals surface area contributed by atoms with E-state index in [0.717, 1.165) is 0 Å². The maximum atomic E-state index is 11.5. The van der Waals surface area contributed by atoms with E-state index in [4.69, 9.17) is 4.42 Å². The molecule has 1 aliphatic rings. The second-order valence-corrected chi connectivity index (χ2v) is 6.30. The van der Waals surface area contributed by atoms with Crippen LogP contribution in [-0.4, -0.2) is 50.3 Å². The smallest absolute Gasteiger partial charge is 0.318 e. The highest BCUT2D eigenvalue weighted by atomic mass is 32.2. The molecule has 1 N–H and O–H groups in total. The van der Waals surface area contributed by atoms with Gasteiger partial charge < -0.3 is 14.6 Å². The monoisotopic (exact) mass is 260 g/mol. The van der Waals surface area contributed by atoms with Gasteiger partial charge in [-0.15, -0.1) is 5.10 Å². The molecule has 2 heterocycles. The molecule has 1 aromatic rings. The lowest BCUT2D eigenvalue weighted by Crippen LogP contribution is -2.27. The van der Waals surface area contributed by atoms with Crippen molar-refractivity contribution in [3.63, 3.8) is 0 Å². The van der Waals surface area contributed by atoms with Gasteiger partial charge in [-0.25, -0.2) is 8.42 Å². The molecule has 1 fully saturated rings. The second kappa shape index (κ2) is 5.01. The van der Waals surface area contributed by atoms with Gasteiger partial charge in [-0.2, -0.15) is 0 Å². The minimum atomic E-state index is -2.91. The number of sulfone groups is 1. The summed E-state index contributed by atoms with van der Waals surface area (Å²) in [6.07, 6.45) is 0.603. The Morgan fingerprint density at radius 2 is 2.18 bits per heavy atom. The summed E-state index contributed by atoms with van der Waals surface area (Å²) in [5, 5.41) is 10.7. The van der Waals surface area contributed by atoms with E-state index in [1.807, 2.05) is 4.90 Å². The quantitative estimate of drug-likeness (QED) is 0.777. The Hall–Kier alpha value is -1.15. The van der Waals surface area contributed by atoms with Gasteiger partial charge in [-0.1, -0.05) is 5.10 Å². The molecule has 0 amide bonds. The second-order valence-electron chi connectivity index (χ2n) is 4.00. The third-order valence-electron chi connectivity index (χ3n) is 2.61. The summed E-state index contributed by atoms with van der Waals surface area (Å²) in [7, 11) is -1.11. The van der Waals surface area contributed by atoms with Crippen LogP contribution in [0.1, 0.15) is 12.3 Å². The summed E-state index contributed by atoms with van der Waals surface area (Å²) in [5.41, 5.74) is 0. The number of hydrogen-bond donors (Lipinski definition) is 1. The van der Waals surface area contributed by atoms with Crippen LogP contribution in [0.4, 0.5) is 6.01 Å². The van der Waals surface area contributed by atoms with E-state index in [9.17, 15) is 8.42 Å². The highest BCUT2D eigenvalue weighted by molar-refractivity contribution is 7.91. The summed E-state index contributed by atoms with van der Waals surface area (Å²) >= 11 is 0. The molecule has 17 heavy (non-hydrogen) atoms. The van der Waals surface area contributed by atoms with Crippen molar-refractivity contribution < 1.29 is 12.8 Å². The van der Waals surface area contributed by atoms with E-state index in [1.165, 1.54) is 0 Å². The molecule has 0 aliphatic carbocycles. The normalized spacial score (nSPS) is 20.2. The Kier molecular flexibility index (Phi) is 3.63. The highest BCUT2D eigenvalue weighted by Crippen LogP contribution is 2.15. The number of anilines is 1. The zero-order valence-corrected chi connectivity index (χ0v) is 10.5. The standard InChI is InChI=1S/C9H16N4O3S/c1-10-7-8-11-12-9(16-8)13-3-2-5-17(14,15)6-4-13/h10H,2-7H2,1H3. The van der Waals surface area contributed by atoms with Gasteiger partial charge >= 0.3 is 6.01 Å². The number of nitrogens with zero attached hydrogens (tertiary/aromatic N) is 3. The van der Waals surface area contributed by atoms with Crippen LogP contribution in [0.3, 0.4) is 0 Å². The summed E-state index contributed by atoms with van der Waals surface area (Å²) in [5.74, 6) is 0.896. The van der Waals surface area contributed by atoms with Gasteiger partial charge in [-0.05, 0) is 13.5 Å². The van der Waals surface area contributed by atoms with Crippen LogP contribution in [-0.2, 0) is 16.4 Å². The average molecular weight is 260 g/mol. The molecule has 8 heteroatoms. The lowest BCUT2D eigenvalue weighted by atomic mass is 10.4. The largest absolute Gasteiger partial charge is 0.407 e. The molecule has 7 nitrogen and oxygen atoms in total. The summed E-state index contributed by atoms with van der Waals surface area (Å²) in [6.45, 7) is 1.57. The molecule has 0 spiro atoms. The van der Waals surface area contributed by atoms with Gasteiger partial charge in [0.15, 0.2) is 9.84 Å². The van der Waals surface area contributed by atoms with Crippen LogP contribution in [0.25, 0.3) is 0 Å². The molecular weight excluding hydrogens is 244 g/mol. The first-order valence-electron chi connectivity index (χ1n) is 5.53. The molecule has 0 unspecified atom stereocenters. The van der Waals surface area contributed by atoms with Gasteiger partial charge in [0.2, 0.25) is 5.89 Å². The van der Waals surface area contributed by atoms with Crippen molar-refractivity contribution in [3.8, 4) is 0 Å². The predicted octanol–water partition coefficient (Wildman–Crippen LogP) is -0.586. The molecule has 2 rings (SSSR count). The zero-order valence-electron chi connectivity index (χ0n) is 9.72. The molecule has 0 atom stereocenters. The number of hydrogen-bond acceptors (Lipinski definition) is 7. The lowest BCUT2D eigenvalue weighted by molar-refractivity contribution is 0.472. The highest BCUT2D eigenvalue weighted by Gasteiger charge is 2.22. The van der Waals surface area contributed by atoms with Crippen LogP contribution < -0.4 is 10.2 Å². The fourth-order valence-corrected chi connectivity index (χ4v) is 3.00. The van der Waals surface area contributed by atoms with E-state index in [1.54, 1.807) is 7.05 Å². The Labute approximate surface area is 100 Å². The Balaban J connectivity index is 2.06. The molecular formula is C9H16N4O3S. The third-order valence-corrected chi connectivity index (χ3v) is 4.33. The van der Waals surface area contributed by atoms with Gasteiger partial charge in [0.05, 0.1) is 18.1 Å². The molecule has 96 valence electrons. The van der Waals surface area contributed by atoms with Crippen LogP contribution in [0, 0.1) is 0 Å². The molecule has 1 aliphatic heterocycles. The maximum absolute atomic E-state index is 11.5. The summed E-state index contributed by atoms with van der Waals surface area (Å²) < 4.78 is 28.3. The minimum Gasteiger partial charge on any atom is -0.407 e. The third kappa shape index (κ3) is 3.16. The first-order valence-corrected chi connectivity index (χ1v) is 7.35. The fraction of sp³-hybridized carbons (Fsp3) is 0.778. The van der Waals surface area contributed by atoms with Gasteiger partial charge in [-0.3, -0.25) is 0 Å². The van der Waals surface area contributed by atoms with Crippen LogP contribution in [0.15, 0.2) is 4.42 Å². The van der Waals surface area contributed by atoms with Crippen molar-refractivity contribution in [1.82, 2.24) is 15.5 Å². The van der Waals surface area contributed by atoms with Crippen molar-refractivity contribution in [2.45, 2.75) is 13.0 Å². The minimum absolute atomic E-state index is 0.150. The maximum Gasteiger partial charge on any atom is 0.318 e. The van der Waals surface area contributed by atoms with E-state index in [-0.39, 0.29) is 11.5 Å². The molecule has 0 radical (unpaired) electrons. The average Bonchev–Trinajstić information content (AvgIpc) is 2.64. The number of rotatable bonds is 3. The van der Waals surface area contributed by atoms with E-state index in [2.05, 4.69) is 15.5 Å². The first kappa shape index (κ1) is 12.3. The van der Waals surface area contributed by atoms with E-state index >= 15 is 0 Å². The van der Waals surface area contributed by atoms with E-state index < -0.39 is 9.84 Å². The molecule has 1 aromatic heterocycles. The van der Waals surface area contributed by atoms with Gasteiger partial charge in [0.25, 0.3) is 0 Å². The molecule has 0 aromatic carbocycles. The number of nitrogens with one attached hydrogen (secondary N) is 1. The van der Waals surface area contributed by atoms with Crippen molar-refractivity contribution >= 4 is 15.9 Å². The molecule has 0 bridgehead atoms. The van der Waals surface area contributed by atoms with E-state index in [0.29, 0.717) is 38.0 Å². The predicted molar refractivity (Wildman–Crippen MR) is 62.5 cm³/mol. The van der Waals surface area contributed by atoms with Crippen LogP contribution in [0.5, 0.6) is 0 Å². The lowest BCUT2D eigenvalue weighted by Gasteiger charge is -2.15. The van der Waals surface area contributed by atoms with Gasteiger partial charge in [0, 0.05) is 13.1 Å². The molecule has 1 saturated heterocycles. The van der Waals surface area contributed by atoms with Crippen molar-refractivity contribution in [3.05, 3.63) is 5.89 Å².